The van der Waals surface area contributed by atoms with Crippen LogP contribution in [-0.4, -0.2) is 30.0 Å². The smallest absolute Gasteiger partial charge is 0.124 e. The highest BCUT2D eigenvalue weighted by Gasteiger charge is 2.23. The second-order valence-corrected chi connectivity index (χ2v) is 6.03. The Kier molecular flexibility index (Phi) is 4.55. The van der Waals surface area contributed by atoms with Crippen LogP contribution in [0.4, 0.5) is 0 Å². The van der Waals surface area contributed by atoms with E-state index in [4.69, 9.17) is 9.47 Å². The molecule has 1 aliphatic heterocycles. The predicted molar refractivity (Wildman–Crippen MR) is 79.4 cm³/mol. The molecule has 2 rings (SSSR count). The zero-order chi connectivity index (χ0) is 14.8. The van der Waals surface area contributed by atoms with Gasteiger partial charge in [-0.1, -0.05) is 0 Å². The summed E-state index contributed by atoms with van der Waals surface area (Å²) in [6.45, 7) is 9.39. The molecule has 0 bridgehead atoms. The third-order valence-corrected chi connectivity index (χ3v) is 3.53. The molecular weight excluding hydrogens is 254 g/mol. The Morgan fingerprint density at radius 3 is 2.85 bits per heavy atom. The first-order valence-corrected chi connectivity index (χ1v) is 7.26. The molecule has 0 fully saturated rings. The average Bonchev–Trinajstić information content (AvgIpc) is 2.75. The number of hydrogen-bond acceptors (Lipinski definition) is 4. The van der Waals surface area contributed by atoms with Crippen molar-refractivity contribution in [2.45, 2.75) is 52.3 Å². The summed E-state index contributed by atoms with van der Waals surface area (Å²) < 4.78 is 11.5. The lowest BCUT2D eigenvalue weighted by Gasteiger charge is -2.24. The van der Waals surface area contributed by atoms with Crippen LogP contribution in [0.25, 0.3) is 0 Å². The van der Waals surface area contributed by atoms with Crippen molar-refractivity contribution < 1.29 is 14.6 Å². The number of nitrogens with one attached hydrogen (secondary N) is 1. The van der Waals surface area contributed by atoms with Crippen molar-refractivity contribution in [3.05, 3.63) is 23.3 Å². The largest absolute Gasteiger partial charge is 0.494 e. The van der Waals surface area contributed by atoms with Crippen molar-refractivity contribution >= 4 is 0 Å². The molecule has 0 spiro atoms. The summed E-state index contributed by atoms with van der Waals surface area (Å²) in [5.41, 5.74) is 1.98. The van der Waals surface area contributed by atoms with E-state index in [2.05, 4.69) is 24.4 Å². The molecule has 0 radical (unpaired) electrons. The Morgan fingerprint density at radius 2 is 2.20 bits per heavy atom. The van der Waals surface area contributed by atoms with Crippen molar-refractivity contribution in [2.24, 2.45) is 0 Å². The summed E-state index contributed by atoms with van der Waals surface area (Å²) >= 11 is 0. The fraction of sp³-hybridized carbons (Fsp3) is 0.625. The third kappa shape index (κ3) is 3.44. The topological polar surface area (TPSA) is 50.7 Å². The second-order valence-electron chi connectivity index (χ2n) is 6.03. The van der Waals surface area contributed by atoms with Crippen LogP contribution in [0.3, 0.4) is 0 Å². The zero-order valence-electron chi connectivity index (χ0n) is 12.8. The van der Waals surface area contributed by atoms with Gasteiger partial charge in [-0.05, 0) is 39.8 Å². The van der Waals surface area contributed by atoms with E-state index in [-0.39, 0.29) is 18.2 Å². The van der Waals surface area contributed by atoms with E-state index < -0.39 is 0 Å². The number of hydrogen-bond donors (Lipinski definition) is 2. The van der Waals surface area contributed by atoms with Gasteiger partial charge in [0.2, 0.25) is 0 Å². The highest BCUT2D eigenvalue weighted by Crippen LogP contribution is 2.35. The van der Waals surface area contributed by atoms with Crippen LogP contribution in [0.5, 0.6) is 11.5 Å². The van der Waals surface area contributed by atoms with Crippen LogP contribution < -0.4 is 14.8 Å². The molecule has 1 aromatic carbocycles. The molecular formula is C16H25NO3. The van der Waals surface area contributed by atoms with E-state index in [1.807, 2.05) is 20.8 Å². The maximum absolute atomic E-state index is 9.32. The minimum absolute atomic E-state index is 0.0927. The van der Waals surface area contributed by atoms with Crippen molar-refractivity contribution in [2.75, 3.05) is 13.2 Å². The van der Waals surface area contributed by atoms with Gasteiger partial charge in [0, 0.05) is 29.6 Å². The molecule has 4 heteroatoms. The monoisotopic (exact) mass is 279 g/mol. The van der Waals surface area contributed by atoms with Gasteiger partial charge < -0.3 is 19.9 Å². The summed E-state index contributed by atoms with van der Waals surface area (Å²) in [4.78, 5) is 0. The number of rotatable bonds is 6. The van der Waals surface area contributed by atoms with Gasteiger partial charge in [-0.25, -0.2) is 0 Å². The van der Waals surface area contributed by atoms with Gasteiger partial charge in [-0.15, -0.1) is 0 Å². The van der Waals surface area contributed by atoms with Gasteiger partial charge in [-0.2, -0.15) is 0 Å². The van der Waals surface area contributed by atoms with E-state index in [1.54, 1.807) is 0 Å². The standard InChI is InChI=1S/C16H25NO3/c1-5-19-14-7-12-6-11(2)20-15(12)8-13(14)9-17-16(3,4)10-18/h7-8,11,17-18H,5-6,9-10H2,1-4H3. The second kappa shape index (κ2) is 6.02. The quantitative estimate of drug-likeness (QED) is 0.839. The number of aliphatic hydroxyl groups is 1. The average molecular weight is 279 g/mol. The number of benzene rings is 1. The van der Waals surface area contributed by atoms with Crippen molar-refractivity contribution in [1.82, 2.24) is 5.32 Å². The summed E-state index contributed by atoms with van der Waals surface area (Å²) in [5, 5.41) is 12.7. The van der Waals surface area contributed by atoms with Crippen molar-refractivity contribution in [3.8, 4) is 11.5 Å². The minimum Gasteiger partial charge on any atom is -0.494 e. The molecule has 0 aromatic heterocycles. The van der Waals surface area contributed by atoms with Gasteiger partial charge >= 0.3 is 0 Å². The molecule has 4 nitrogen and oxygen atoms in total. The maximum atomic E-state index is 9.32. The predicted octanol–water partition coefficient (Wildman–Crippen LogP) is 2.27. The Balaban J connectivity index is 2.20. The van der Waals surface area contributed by atoms with E-state index >= 15 is 0 Å². The molecule has 0 aliphatic carbocycles. The highest BCUT2D eigenvalue weighted by atomic mass is 16.5. The lowest BCUT2D eigenvalue weighted by Crippen LogP contribution is -2.42. The fourth-order valence-corrected chi connectivity index (χ4v) is 2.30. The highest BCUT2D eigenvalue weighted by molar-refractivity contribution is 5.48. The third-order valence-electron chi connectivity index (χ3n) is 3.53. The van der Waals surface area contributed by atoms with Crippen LogP contribution in [0.2, 0.25) is 0 Å². The SMILES string of the molecule is CCOc1cc2c(cc1CNC(C)(C)CO)OC(C)C2. The van der Waals surface area contributed by atoms with Gasteiger partial charge in [0.05, 0.1) is 13.2 Å². The van der Waals surface area contributed by atoms with Crippen LogP contribution in [0, 0.1) is 0 Å². The van der Waals surface area contributed by atoms with E-state index in [1.165, 1.54) is 5.56 Å². The molecule has 1 aliphatic rings. The van der Waals surface area contributed by atoms with Crippen LogP contribution >= 0.6 is 0 Å². The van der Waals surface area contributed by atoms with Crippen molar-refractivity contribution in [1.29, 1.82) is 0 Å². The first kappa shape index (κ1) is 15.1. The fourth-order valence-electron chi connectivity index (χ4n) is 2.30. The molecule has 112 valence electrons. The van der Waals surface area contributed by atoms with Crippen molar-refractivity contribution in [3.63, 3.8) is 0 Å². The molecule has 1 atom stereocenters. The van der Waals surface area contributed by atoms with Gasteiger partial charge in [-0.3, -0.25) is 0 Å². The van der Waals surface area contributed by atoms with Crippen LogP contribution in [0.1, 0.15) is 38.8 Å². The maximum Gasteiger partial charge on any atom is 0.124 e. The minimum atomic E-state index is -0.309. The van der Waals surface area contributed by atoms with Gasteiger partial charge in [0.1, 0.15) is 17.6 Å². The lowest BCUT2D eigenvalue weighted by molar-refractivity contribution is 0.186. The van der Waals surface area contributed by atoms with E-state index in [9.17, 15) is 5.11 Å². The van der Waals surface area contributed by atoms with Gasteiger partial charge in [0.25, 0.3) is 0 Å². The molecule has 0 saturated heterocycles. The van der Waals surface area contributed by atoms with E-state index in [0.717, 1.165) is 23.5 Å². The normalized spacial score (nSPS) is 17.8. The zero-order valence-corrected chi connectivity index (χ0v) is 12.8. The lowest BCUT2D eigenvalue weighted by atomic mass is 10.0. The molecule has 2 N–H and O–H groups in total. The summed E-state index contributed by atoms with van der Waals surface area (Å²) in [6.07, 6.45) is 1.17. The van der Waals surface area contributed by atoms with E-state index in [0.29, 0.717) is 13.2 Å². The summed E-state index contributed by atoms with van der Waals surface area (Å²) in [6, 6.07) is 4.15. The Bertz CT molecular complexity index is 471. The number of ether oxygens (including phenoxy) is 2. The molecule has 1 unspecified atom stereocenters. The number of aliphatic hydroxyl groups excluding tert-OH is 1. The van der Waals surface area contributed by atoms with Gasteiger partial charge in [0.15, 0.2) is 0 Å². The first-order chi connectivity index (χ1) is 9.45. The molecule has 1 aromatic rings. The summed E-state index contributed by atoms with van der Waals surface area (Å²) in [7, 11) is 0. The summed E-state index contributed by atoms with van der Waals surface area (Å²) in [5.74, 6) is 1.87. The molecule has 20 heavy (non-hydrogen) atoms. The Hall–Kier alpha value is -1.26. The molecule has 0 amide bonds. The Morgan fingerprint density at radius 1 is 1.45 bits per heavy atom. The van der Waals surface area contributed by atoms with Crippen LogP contribution in [-0.2, 0) is 13.0 Å². The molecule has 1 heterocycles. The Labute approximate surface area is 121 Å². The number of fused-ring (bicyclic) bond motifs is 1. The first-order valence-electron chi connectivity index (χ1n) is 7.26. The van der Waals surface area contributed by atoms with Crippen LogP contribution in [0.15, 0.2) is 12.1 Å². The molecule has 0 saturated carbocycles.